The molecule has 4 rings (SSSR count). The summed E-state index contributed by atoms with van der Waals surface area (Å²) in [5.74, 6) is -0.141. The molecule has 1 aliphatic rings. The second-order valence-electron chi connectivity index (χ2n) is 8.04. The summed E-state index contributed by atoms with van der Waals surface area (Å²) >= 11 is 18.3. The van der Waals surface area contributed by atoms with Crippen molar-refractivity contribution in [3.63, 3.8) is 0 Å². The summed E-state index contributed by atoms with van der Waals surface area (Å²) in [6, 6.07) is 22.4. The number of amides is 1. The van der Waals surface area contributed by atoms with E-state index < -0.39 is 0 Å². The Labute approximate surface area is 209 Å². The third-order valence-electron chi connectivity index (χ3n) is 5.83. The molecule has 2 unspecified atom stereocenters. The van der Waals surface area contributed by atoms with Crippen molar-refractivity contribution in [2.45, 2.75) is 25.1 Å². The molecule has 3 aromatic carbocycles. The number of hydrogen-bond donors (Lipinski definition) is 1. The van der Waals surface area contributed by atoms with Gasteiger partial charge in [-0.05, 0) is 66.6 Å². The Hall–Kier alpha value is -2.08. The molecule has 1 N–H and O–H groups in total. The Morgan fingerprint density at radius 3 is 1.85 bits per heavy atom. The first-order valence-electron chi connectivity index (χ1n) is 10.9. The van der Waals surface area contributed by atoms with Crippen LogP contribution in [0.25, 0.3) is 0 Å². The van der Waals surface area contributed by atoms with E-state index in [0.717, 1.165) is 11.1 Å². The van der Waals surface area contributed by atoms with Gasteiger partial charge in [0.25, 0.3) is 5.91 Å². The van der Waals surface area contributed by atoms with Crippen LogP contribution in [-0.2, 0) is 4.74 Å². The molecule has 0 aliphatic carbocycles. The average molecular weight is 504 g/mol. The van der Waals surface area contributed by atoms with Crippen LogP contribution in [0.1, 0.15) is 34.5 Å². The summed E-state index contributed by atoms with van der Waals surface area (Å²) in [7, 11) is 0. The minimum atomic E-state index is -0.157. The Morgan fingerprint density at radius 1 is 0.879 bits per heavy atom. The first-order chi connectivity index (χ1) is 15.9. The van der Waals surface area contributed by atoms with Gasteiger partial charge < -0.3 is 10.1 Å². The predicted molar refractivity (Wildman–Crippen MR) is 134 cm³/mol. The number of rotatable bonds is 7. The van der Waals surface area contributed by atoms with Gasteiger partial charge >= 0.3 is 0 Å². The molecule has 1 fully saturated rings. The zero-order valence-corrected chi connectivity index (χ0v) is 20.4. The molecule has 0 saturated carbocycles. The zero-order valence-electron chi connectivity index (χ0n) is 18.2. The summed E-state index contributed by atoms with van der Waals surface area (Å²) in [5, 5.41) is 5.14. The van der Waals surface area contributed by atoms with Crippen LogP contribution in [-0.4, -0.2) is 42.6 Å². The van der Waals surface area contributed by atoms with Crippen LogP contribution in [0.4, 0.5) is 0 Å². The summed E-state index contributed by atoms with van der Waals surface area (Å²) in [6.07, 6.45) is -0.131. The molecular weight excluding hydrogens is 479 g/mol. The number of hydrogen-bond acceptors (Lipinski definition) is 3. The van der Waals surface area contributed by atoms with Crippen molar-refractivity contribution in [1.29, 1.82) is 0 Å². The van der Waals surface area contributed by atoms with Crippen LogP contribution in [0.5, 0.6) is 0 Å². The zero-order chi connectivity index (χ0) is 23.4. The van der Waals surface area contributed by atoms with E-state index in [9.17, 15) is 4.79 Å². The second kappa shape index (κ2) is 10.9. The Balaban J connectivity index is 1.60. The van der Waals surface area contributed by atoms with Crippen molar-refractivity contribution >= 4 is 40.7 Å². The van der Waals surface area contributed by atoms with Gasteiger partial charge in [-0.3, -0.25) is 9.69 Å². The topological polar surface area (TPSA) is 41.6 Å². The normalized spacial score (nSPS) is 18.6. The molecule has 1 aliphatic heterocycles. The van der Waals surface area contributed by atoms with Crippen LogP contribution in [0.2, 0.25) is 15.1 Å². The quantitative estimate of drug-likeness (QED) is 0.414. The fourth-order valence-corrected chi connectivity index (χ4v) is 4.67. The van der Waals surface area contributed by atoms with Gasteiger partial charge in [0, 0.05) is 40.3 Å². The largest absolute Gasteiger partial charge is 0.375 e. The molecule has 0 bridgehead atoms. The van der Waals surface area contributed by atoms with Gasteiger partial charge in [-0.25, -0.2) is 0 Å². The van der Waals surface area contributed by atoms with Crippen LogP contribution < -0.4 is 5.32 Å². The number of nitrogens with one attached hydrogen (secondary N) is 1. The Morgan fingerprint density at radius 2 is 1.36 bits per heavy atom. The SMILES string of the molecule is CCOC1CN(C(c2ccc(Cl)cc2)c2ccc(Cl)cc2)CC1NC(=O)c1ccc(Cl)cc1. The van der Waals surface area contributed by atoms with Crippen LogP contribution >= 0.6 is 34.8 Å². The number of nitrogens with zero attached hydrogens (tertiary/aromatic N) is 1. The molecule has 1 saturated heterocycles. The van der Waals surface area contributed by atoms with Crippen molar-refractivity contribution < 1.29 is 9.53 Å². The standard InChI is InChI=1S/C26H25Cl3N2O2/c1-2-33-24-16-31(15-23(24)30-26(32)19-7-13-22(29)14-8-19)25(17-3-9-20(27)10-4-17)18-5-11-21(28)12-6-18/h3-14,23-25H,2,15-16H2,1H3,(H,30,32). The van der Waals surface area contributed by atoms with E-state index in [2.05, 4.69) is 10.2 Å². The van der Waals surface area contributed by atoms with Crippen molar-refractivity contribution in [2.75, 3.05) is 19.7 Å². The molecule has 1 amide bonds. The summed E-state index contributed by atoms with van der Waals surface area (Å²) in [5.41, 5.74) is 2.79. The van der Waals surface area contributed by atoms with Gasteiger partial charge in [0.15, 0.2) is 0 Å². The maximum atomic E-state index is 12.9. The minimum absolute atomic E-state index is 0.0278. The molecule has 0 radical (unpaired) electrons. The fourth-order valence-electron chi connectivity index (χ4n) is 4.29. The van der Waals surface area contributed by atoms with E-state index in [0.29, 0.717) is 40.3 Å². The third kappa shape index (κ3) is 5.89. The van der Waals surface area contributed by atoms with Crippen molar-refractivity contribution in [1.82, 2.24) is 10.2 Å². The first-order valence-corrected chi connectivity index (χ1v) is 12.0. The van der Waals surface area contributed by atoms with Crippen LogP contribution in [0.3, 0.4) is 0 Å². The van der Waals surface area contributed by atoms with Gasteiger partial charge in [0.05, 0.1) is 18.2 Å². The lowest BCUT2D eigenvalue weighted by molar-refractivity contribution is 0.0490. The Kier molecular flexibility index (Phi) is 7.94. The predicted octanol–water partition coefficient (Wildman–Crippen LogP) is 6.26. The van der Waals surface area contributed by atoms with Crippen molar-refractivity contribution in [2.24, 2.45) is 0 Å². The van der Waals surface area contributed by atoms with Crippen molar-refractivity contribution in [3.8, 4) is 0 Å². The lowest BCUT2D eigenvalue weighted by atomic mass is 9.97. The number of carbonyl (C=O) groups is 1. The smallest absolute Gasteiger partial charge is 0.251 e. The number of carbonyl (C=O) groups excluding carboxylic acids is 1. The van der Waals surface area contributed by atoms with E-state index in [1.807, 2.05) is 55.5 Å². The highest BCUT2D eigenvalue weighted by molar-refractivity contribution is 6.31. The summed E-state index contributed by atoms with van der Waals surface area (Å²) < 4.78 is 6.04. The molecule has 0 spiro atoms. The highest BCUT2D eigenvalue weighted by Crippen LogP contribution is 2.34. The van der Waals surface area contributed by atoms with E-state index in [1.165, 1.54) is 0 Å². The van der Waals surface area contributed by atoms with Gasteiger partial charge in [0.2, 0.25) is 0 Å². The van der Waals surface area contributed by atoms with E-state index in [-0.39, 0.29) is 24.1 Å². The third-order valence-corrected chi connectivity index (χ3v) is 6.59. The number of likely N-dealkylation sites (tertiary alicyclic amines) is 1. The fraction of sp³-hybridized carbons (Fsp3) is 0.269. The molecule has 33 heavy (non-hydrogen) atoms. The second-order valence-corrected chi connectivity index (χ2v) is 9.35. The number of ether oxygens (including phenoxy) is 1. The molecular formula is C26H25Cl3N2O2. The van der Waals surface area contributed by atoms with Gasteiger partial charge in [-0.1, -0.05) is 59.1 Å². The molecule has 1 heterocycles. The monoisotopic (exact) mass is 502 g/mol. The lowest BCUT2D eigenvalue weighted by Gasteiger charge is -2.29. The number of benzene rings is 3. The molecule has 7 heteroatoms. The summed E-state index contributed by atoms with van der Waals surface area (Å²) in [6.45, 7) is 3.85. The van der Waals surface area contributed by atoms with E-state index in [1.54, 1.807) is 24.3 Å². The summed E-state index contributed by atoms with van der Waals surface area (Å²) in [4.78, 5) is 15.2. The van der Waals surface area contributed by atoms with Crippen LogP contribution in [0.15, 0.2) is 72.8 Å². The first kappa shape index (κ1) is 24.1. The van der Waals surface area contributed by atoms with Crippen molar-refractivity contribution in [3.05, 3.63) is 105 Å². The van der Waals surface area contributed by atoms with Gasteiger partial charge in [-0.15, -0.1) is 0 Å². The maximum absolute atomic E-state index is 12.9. The molecule has 3 aromatic rings. The highest BCUT2D eigenvalue weighted by Gasteiger charge is 2.38. The molecule has 2 atom stereocenters. The molecule has 0 aromatic heterocycles. The van der Waals surface area contributed by atoms with Gasteiger partial charge in [-0.2, -0.15) is 0 Å². The number of halogens is 3. The lowest BCUT2D eigenvalue weighted by Crippen LogP contribution is -2.44. The molecule has 172 valence electrons. The highest BCUT2D eigenvalue weighted by atomic mass is 35.5. The van der Waals surface area contributed by atoms with E-state index >= 15 is 0 Å². The maximum Gasteiger partial charge on any atom is 0.251 e. The average Bonchev–Trinajstić information content (AvgIpc) is 3.19. The Bertz CT molecular complexity index is 1030. The minimum Gasteiger partial charge on any atom is -0.375 e. The molecule has 4 nitrogen and oxygen atoms in total. The van der Waals surface area contributed by atoms with Gasteiger partial charge in [0.1, 0.15) is 0 Å². The van der Waals surface area contributed by atoms with Crippen LogP contribution in [0, 0.1) is 0 Å². The van der Waals surface area contributed by atoms with E-state index in [4.69, 9.17) is 39.5 Å².